The fourth-order valence-electron chi connectivity index (χ4n) is 2.78. The number of aliphatic hydroxyl groups excluding tert-OH is 1. The van der Waals surface area contributed by atoms with Crippen LogP contribution in [0.5, 0.6) is 0 Å². The molecule has 0 aromatic rings. The highest BCUT2D eigenvalue weighted by molar-refractivity contribution is 4.92. The van der Waals surface area contributed by atoms with E-state index >= 15 is 0 Å². The van der Waals surface area contributed by atoms with Crippen LogP contribution in [0.1, 0.15) is 19.3 Å². The van der Waals surface area contributed by atoms with Crippen LogP contribution in [0, 0.1) is 0 Å². The minimum Gasteiger partial charge on any atom is -0.390 e. The molecule has 0 amide bonds. The highest BCUT2D eigenvalue weighted by atomic mass is 16.5. The molecule has 2 rings (SSSR count). The van der Waals surface area contributed by atoms with Crippen molar-refractivity contribution in [1.82, 2.24) is 10.2 Å². The predicted octanol–water partition coefficient (Wildman–Crippen LogP) is -0.180. The van der Waals surface area contributed by atoms with Gasteiger partial charge in [0.1, 0.15) is 0 Å². The number of likely N-dealkylation sites (N-methyl/N-ethyl adjacent to an activating group) is 1. The quantitative estimate of drug-likeness (QED) is 0.669. The van der Waals surface area contributed by atoms with Crippen LogP contribution in [0.3, 0.4) is 0 Å². The van der Waals surface area contributed by atoms with Gasteiger partial charge in [0.25, 0.3) is 0 Å². The molecule has 1 saturated heterocycles. The van der Waals surface area contributed by atoms with Crippen LogP contribution in [-0.4, -0.2) is 61.5 Å². The standard InChI is InChI=1S/C11H22N2O2/c1-12-9-3-2-4-10(11(9)14)13-5-7-15-8-6-13/h9-12,14H,2-8H2,1H3/t9-,10-,11-/m1/s1. The Morgan fingerprint density at radius 1 is 1.27 bits per heavy atom. The SMILES string of the molecule is CN[C@@H]1CCC[C@@H](N2CCOCC2)[C@@H]1O. The van der Waals surface area contributed by atoms with Crippen molar-refractivity contribution in [2.75, 3.05) is 33.4 Å². The first-order valence-electron chi connectivity index (χ1n) is 6.00. The Hall–Kier alpha value is -0.160. The Morgan fingerprint density at radius 2 is 2.00 bits per heavy atom. The van der Waals surface area contributed by atoms with E-state index in [-0.39, 0.29) is 12.1 Å². The first-order chi connectivity index (χ1) is 7.33. The van der Waals surface area contributed by atoms with Crippen molar-refractivity contribution < 1.29 is 9.84 Å². The summed E-state index contributed by atoms with van der Waals surface area (Å²) in [7, 11) is 1.94. The Kier molecular flexibility index (Phi) is 3.97. The van der Waals surface area contributed by atoms with Crippen LogP contribution in [-0.2, 0) is 4.74 Å². The molecular formula is C11H22N2O2. The lowest BCUT2D eigenvalue weighted by atomic mass is 9.87. The van der Waals surface area contributed by atoms with Crippen LogP contribution in [0.25, 0.3) is 0 Å². The fraction of sp³-hybridized carbons (Fsp3) is 1.00. The maximum atomic E-state index is 10.2. The van der Waals surface area contributed by atoms with Crippen molar-refractivity contribution in [3.8, 4) is 0 Å². The molecule has 1 heterocycles. The van der Waals surface area contributed by atoms with E-state index in [1.54, 1.807) is 0 Å². The zero-order valence-electron chi connectivity index (χ0n) is 9.48. The number of aliphatic hydroxyl groups is 1. The summed E-state index contributed by atoms with van der Waals surface area (Å²) in [4.78, 5) is 2.39. The topological polar surface area (TPSA) is 44.7 Å². The van der Waals surface area contributed by atoms with Crippen molar-refractivity contribution in [3.63, 3.8) is 0 Å². The number of nitrogens with one attached hydrogen (secondary N) is 1. The second kappa shape index (κ2) is 5.25. The average molecular weight is 214 g/mol. The molecule has 0 aromatic carbocycles. The molecule has 2 aliphatic rings. The third kappa shape index (κ3) is 2.50. The lowest BCUT2D eigenvalue weighted by Gasteiger charge is -2.42. The third-order valence-electron chi connectivity index (χ3n) is 3.71. The molecule has 4 nitrogen and oxygen atoms in total. The number of hydrogen-bond acceptors (Lipinski definition) is 4. The van der Waals surface area contributed by atoms with Gasteiger partial charge in [-0.3, -0.25) is 4.90 Å². The van der Waals surface area contributed by atoms with E-state index in [1.807, 2.05) is 7.05 Å². The van der Waals surface area contributed by atoms with Gasteiger partial charge >= 0.3 is 0 Å². The van der Waals surface area contributed by atoms with Gasteiger partial charge in [-0.25, -0.2) is 0 Å². The second-order valence-electron chi connectivity index (χ2n) is 4.53. The van der Waals surface area contributed by atoms with Gasteiger partial charge in [-0.2, -0.15) is 0 Å². The molecule has 0 spiro atoms. The van der Waals surface area contributed by atoms with Gasteiger partial charge in [-0.05, 0) is 19.9 Å². The molecular weight excluding hydrogens is 192 g/mol. The maximum Gasteiger partial charge on any atom is 0.0847 e. The Bertz CT molecular complexity index is 193. The van der Waals surface area contributed by atoms with Gasteiger partial charge in [0.15, 0.2) is 0 Å². The molecule has 2 fully saturated rings. The molecule has 0 unspecified atom stereocenters. The predicted molar refractivity (Wildman–Crippen MR) is 58.9 cm³/mol. The Labute approximate surface area is 91.6 Å². The molecule has 1 aliphatic heterocycles. The molecule has 0 aromatic heterocycles. The maximum absolute atomic E-state index is 10.2. The van der Waals surface area contributed by atoms with Crippen molar-refractivity contribution in [1.29, 1.82) is 0 Å². The molecule has 15 heavy (non-hydrogen) atoms. The molecule has 4 heteroatoms. The van der Waals surface area contributed by atoms with Gasteiger partial charge in [0.05, 0.1) is 19.3 Å². The lowest BCUT2D eigenvalue weighted by Crippen LogP contribution is -2.57. The molecule has 2 N–H and O–H groups in total. The molecule has 0 bridgehead atoms. The van der Waals surface area contributed by atoms with E-state index < -0.39 is 0 Å². The minimum absolute atomic E-state index is 0.221. The summed E-state index contributed by atoms with van der Waals surface area (Å²) < 4.78 is 5.34. The Balaban J connectivity index is 1.94. The number of hydrogen-bond donors (Lipinski definition) is 2. The summed E-state index contributed by atoms with van der Waals surface area (Å²) in [5.41, 5.74) is 0. The van der Waals surface area contributed by atoms with Gasteiger partial charge in [0, 0.05) is 25.2 Å². The largest absolute Gasteiger partial charge is 0.390 e. The monoisotopic (exact) mass is 214 g/mol. The van der Waals surface area contributed by atoms with E-state index in [0.29, 0.717) is 6.04 Å². The minimum atomic E-state index is -0.221. The number of morpholine rings is 1. The number of rotatable bonds is 2. The highest BCUT2D eigenvalue weighted by Gasteiger charge is 2.34. The zero-order chi connectivity index (χ0) is 10.7. The highest BCUT2D eigenvalue weighted by Crippen LogP contribution is 2.24. The summed E-state index contributed by atoms with van der Waals surface area (Å²) in [6.45, 7) is 3.57. The fourth-order valence-corrected chi connectivity index (χ4v) is 2.78. The normalized spacial score (nSPS) is 39.2. The molecule has 0 radical (unpaired) electrons. The van der Waals surface area contributed by atoms with Gasteiger partial charge in [0.2, 0.25) is 0 Å². The van der Waals surface area contributed by atoms with Crippen LogP contribution in [0.15, 0.2) is 0 Å². The summed E-state index contributed by atoms with van der Waals surface area (Å²) in [6, 6.07) is 0.603. The van der Waals surface area contributed by atoms with E-state index in [2.05, 4.69) is 10.2 Å². The summed E-state index contributed by atoms with van der Waals surface area (Å²) >= 11 is 0. The number of nitrogens with zero attached hydrogens (tertiary/aromatic N) is 1. The lowest BCUT2D eigenvalue weighted by molar-refractivity contribution is -0.0460. The summed E-state index contributed by atoms with van der Waals surface area (Å²) in [5, 5.41) is 13.5. The first-order valence-corrected chi connectivity index (χ1v) is 6.00. The molecule has 1 aliphatic carbocycles. The molecule has 3 atom stereocenters. The summed E-state index contributed by atoms with van der Waals surface area (Å²) in [5.74, 6) is 0. The summed E-state index contributed by atoms with van der Waals surface area (Å²) in [6.07, 6.45) is 3.21. The van der Waals surface area contributed by atoms with E-state index in [0.717, 1.165) is 39.1 Å². The zero-order valence-corrected chi connectivity index (χ0v) is 9.48. The van der Waals surface area contributed by atoms with Crippen LogP contribution in [0.2, 0.25) is 0 Å². The van der Waals surface area contributed by atoms with Crippen LogP contribution in [0.4, 0.5) is 0 Å². The van der Waals surface area contributed by atoms with Gasteiger partial charge < -0.3 is 15.2 Å². The van der Waals surface area contributed by atoms with E-state index in [4.69, 9.17) is 4.74 Å². The van der Waals surface area contributed by atoms with Gasteiger partial charge in [-0.1, -0.05) is 6.42 Å². The second-order valence-corrected chi connectivity index (χ2v) is 4.53. The first kappa shape index (κ1) is 11.3. The average Bonchev–Trinajstić information content (AvgIpc) is 2.30. The van der Waals surface area contributed by atoms with E-state index in [9.17, 15) is 5.11 Å². The smallest absolute Gasteiger partial charge is 0.0847 e. The molecule has 88 valence electrons. The molecule has 1 saturated carbocycles. The van der Waals surface area contributed by atoms with Crippen molar-refractivity contribution in [2.45, 2.75) is 37.5 Å². The van der Waals surface area contributed by atoms with Crippen molar-refractivity contribution in [2.24, 2.45) is 0 Å². The van der Waals surface area contributed by atoms with Crippen molar-refractivity contribution in [3.05, 3.63) is 0 Å². The van der Waals surface area contributed by atoms with Crippen LogP contribution < -0.4 is 5.32 Å². The van der Waals surface area contributed by atoms with E-state index in [1.165, 1.54) is 6.42 Å². The Morgan fingerprint density at radius 3 is 2.67 bits per heavy atom. The third-order valence-corrected chi connectivity index (χ3v) is 3.71. The van der Waals surface area contributed by atoms with Crippen molar-refractivity contribution >= 4 is 0 Å². The van der Waals surface area contributed by atoms with Crippen LogP contribution >= 0.6 is 0 Å². The number of ether oxygens (including phenoxy) is 1. The van der Waals surface area contributed by atoms with Gasteiger partial charge in [-0.15, -0.1) is 0 Å².